The van der Waals surface area contributed by atoms with Gasteiger partial charge in [-0.15, -0.1) is 0 Å². The van der Waals surface area contributed by atoms with Gasteiger partial charge in [-0.2, -0.15) is 0 Å². The fourth-order valence-corrected chi connectivity index (χ4v) is 3.71. The molecule has 21 heavy (non-hydrogen) atoms. The Labute approximate surface area is 128 Å². The van der Waals surface area contributed by atoms with Crippen LogP contribution in [-0.2, 0) is 9.53 Å². The number of carbonyl (C=O) groups is 1. The molecule has 0 aromatic carbocycles. The molecule has 122 valence electrons. The predicted molar refractivity (Wildman–Crippen MR) is 82.1 cm³/mol. The molecule has 2 aliphatic rings. The van der Waals surface area contributed by atoms with Gasteiger partial charge in [0.2, 0.25) is 5.91 Å². The van der Waals surface area contributed by atoms with Crippen molar-refractivity contribution in [3.8, 4) is 0 Å². The highest BCUT2D eigenvalue weighted by Crippen LogP contribution is 2.34. The molecule has 2 aliphatic heterocycles. The van der Waals surface area contributed by atoms with Gasteiger partial charge in [0.05, 0.1) is 0 Å². The van der Waals surface area contributed by atoms with E-state index in [-0.39, 0.29) is 12.0 Å². The van der Waals surface area contributed by atoms with E-state index >= 15 is 0 Å². The van der Waals surface area contributed by atoms with Crippen LogP contribution in [0.5, 0.6) is 0 Å². The Morgan fingerprint density at radius 2 is 2.14 bits per heavy atom. The van der Waals surface area contributed by atoms with E-state index in [0.29, 0.717) is 5.91 Å². The lowest BCUT2D eigenvalue weighted by atomic mass is 9.77. The van der Waals surface area contributed by atoms with Crippen LogP contribution in [0.3, 0.4) is 0 Å². The fraction of sp³-hybridized carbons (Fsp3) is 0.938. The summed E-state index contributed by atoms with van der Waals surface area (Å²) in [4.78, 5) is 16.1. The van der Waals surface area contributed by atoms with Crippen LogP contribution in [-0.4, -0.2) is 73.9 Å². The molecular weight excluding hydrogens is 268 g/mol. The summed E-state index contributed by atoms with van der Waals surface area (Å²) in [6, 6.07) is 0. The molecule has 1 N–H and O–H groups in total. The third-order valence-electron chi connectivity index (χ3n) is 4.99. The van der Waals surface area contributed by atoms with Gasteiger partial charge in [0.15, 0.2) is 0 Å². The zero-order valence-electron chi connectivity index (χ0n) is 13.4. The van der Waals surface area contributed by atoms with Crippen LogP contribution in [0.4, 0.5) is 0 Å². The molecule has 1 atom stereocenters. The van der Waals surface area contributed by atoms with E-state index in [9.17, 15) is 9.90 Å². The zero-order chi connectivity index (χ0) is 15.1. The molecule has 0 saturated carbocycles. The summed E-state index contributed by atoms with van der Waals surface area (Å²) in [5.41, 5.74) is 0.0335. The largest absolute Gasteiger partial charge is 0.396 e. The number of aliphatic hydroxyl groups is 1. The van der Waals surface area contributed by atoms with Gasteiger partial charge in [0, 0.05) is 58.3 Å². The normalized spacial score (nSPS) is 27.5. The van der Waals surface area contributed by atoms with E-state index in [1.807, 2.05) is 4.90 Å². The van der Waals surface area contributed by atoms with Crippen LogP contribution < -0.4 is 0 Å². The van der Waals surface area contributed by atoms with Crippen molar-refractivity contribution in [3.05, 3.63) is 0 Å². The van der Waals surface area contributed by atoms with Gasteiger partial charge in [-0.1, -0.05) is 0 Å². The van der Waals surface area contributed by atoms with Gasteiger partial charge >= 0.3 is 0 Å². The Kier molecular flexibility index (Phi) is 6.45. The maximum atomic E-state index is 11.7. The van der Waals surface area contributed by atoms with Crippen molar-refractivity contribution in [1.82, 2.24) is 9.80 Å². The number of aliphatic hydroxyl groups excluding tert-OH is 1. The van der Waals surface area contributed by atoms with Gasteiger partial charge in [0.1, 0.15) is 0 Å². The smallest absolute Gasteiger partial charge is 0.222 e. The monoisotopic (exact) mass is 298 g/mol. The molecule has 5 heteroatoms. The first-order chi connectivity index (χ1) is 10.2. The molecule has 0 spiro atoms. The molecule has 1 amide bonds. The minimum absolute atomic E-state index is 0.0335. The number of hydrogen-bond donors (Lipinski definition) is 1. The third-order valence-corrected chi connectivity index (χ3v) is 4.99. The molecule has 2 heterocycles. The topological polar surface area (TPSA) is 53.0 Å². The van der Waals surface area contributed by atoms with Crippen molar-refractivity contribution in [2.75, 3.05) is 53.0 Å². The molecule has 0 aromatic heterocycles. The molecule has 1 unspecified atom stereocenters. The van der Waals surface area contributed by atoms with Crippen LogP contribution >= 0.6 is 0 Å². The molecule has 0 aliphatic carbocycles. The highest BCUT2D eigenvalue weighted by atomic mass is 16.5. The molecule has 2 saturated heterocycles. The van der Waals surface area contributed by atoms with Crippen LogP contribution in [0.15, 0.2) is 0 Å². The van der Waals surface area contributed by atoms with Crippen LogP contribution in [0, 0.1) is 5.41 Å². The summed E-state index contributed by atoms with van der Waals surface area (Å²) >= 11 is 0. The lowest BCUT2D eigenvalue weighted by molar-refractivity contribution is -0.128. The SMILES string of the molecule is COCCCC1(CO)CCCN(CCN2CCCC2=O)C1. The van der Waals surface area contributed by atoms with E-state index in [1.165, 1.54) is 0 Å². The Morgan fingerprint density at radius 3 is 2.81 bits per heavy atom. The fourth-order valence-electron chi connectivity index (χ4n) is 3.71. The van der Waals surface area contributed by atoms with Crippen LogP contribution in [0.2, 0.25) is 0 Å². The average Bonchev–Trinajstić information content (AvgIpc) is 2.91. The lowest BCUT2D eigenvalue weighted by Gasteiger charge is -2.42. The first kappa shape index (κ1) is 16.7. The standard InChI is InChI=1S/C16H30N2O3/c1-21-12-4-7-16(14-19)6-3-8-17(13-16)10-11-18-9-2-5-15(18)20/h19H,2-14H2,1H3. The highest BCUT2D eigenvalue weighted by molar-refractivity contribution is 5.78. The van der Waals surface area contributed by atoms with Gasteiger partial charge in [0.25, 0.3) is 0 Å². The first-order valence-electron chi connectivity index (χ1n) is 8.29. The summed E-state index contributed by atoms with van der Waals surface area (Å²) in [6.07, 6.45) is 6.01. The maximum Gasteiger partial charge on any atom is 0.222 e. The number of carbonyl (C=O) groups excluding carboxylic acids is 1. The molecule has 0 radical (unpaired) electrons. The summed E-state index contributed by atoms with van der Waals surface area (Å²) in [6.45, 7) is 5.78. The number of likely N-dealkylation sites (tertiary alicyclic amines) is 2. The zero-order valence-corrected chi connectivity index (χ0v) is 13.4. The average molecular weight is 298 g/mol. The van der Waals surface area contributed by atoms with Crippen LogP contribution in [0.25, 0.3) is 0 Å². The number of nitrogens with zero attached hydrogens (tertiary/aromatic N) is 2. The van der Waals surface area contributed by atoms with Crippen molar-refractivity contribution < 1.29 is 14.6 Å². The third kappa shape index (κ3) is 4.66. The predicted octanol–water partition coefficient (Wildman–Crippen LogP) is 1.11. The van der Waals surface area contributed by atoms with Crippen molar-refractivity contribution in [3.63, 3.8) is 0 Å². The Balaban J connectivity index is 1.79. The Morgan fingerprint density at radius 1 is 1.29 bits per heavy atom. The minimum Gasteiger partial charge on any atom is -0.396 e. The molecule has 0 aromatic rings. The molecule has 5 nitrogen and oxygen atoms in total. The molecule has 2 rings (SSSR count). The second-order valence-electron chi connectivity index (χ2n) is 6.62. The van der Waals surface area contributed by atoms with E-state index in [4.69, 9.17) is 4.74 Å². The molecular formula is C16H30N2O3. The second kappa shape index (κ2) is 8.11. The van der Waals surface area contributed by atoms with E-state index in [0.717, 1.165) is 77.9 Å². The number of amides is 1. The summed E-state index contributed by atoms with van der Waals surface area (Å²) in [5, 5.41) is 9.85. The van der Waals surface area contributed by atoms with E-state index in [1.54, 1.807) is 7.11 Å². The first-order valence-corrected chi connectivity index (χ1v) is 8.29. The Hall–Kier alpha value is -0.650. The van der Waals surface area contributed by atoms with Gasteiger partial charge < -0.3 is 19.6 Å². The van der Waals surface area contributed by atoms with E-state index in [2.05, 4.69) is 4.90 Å². The quantitative estimate of drug-likeness (QED) is 0.682. The Bertz CT molecular complexity index is 337. The van der Waals surface area contributed by atoms with Crippen molar-refractivity contribution in [1.29, 1.82) is 0 Å². The van der Waals surface area contributed by atoms with Gasteiger partial charge in [-0.05, 0) is 38.6 Å². The highest BCUT2D eigenvalue weighted by Gasteiger charge is 2.34. The number of methoxy groups -OCH3 is 1. The summed E-state index contributed by atoms with van der Waals surface area (Å²) in [7, 11) is 1.73. The number of ether oxygens (including phenoxy) is 1. The summed E-state index contributed by atoms with van der Waals surface area (Å²) in [5.74, 6) is 0.306. The lowest BCUT2D eigenvalue weighted by Crippen LogP contribution is -2.47. The van der Waals surface area contributed by atoms with Crippen molar-refractivity contribution in [2.24, 2.45) is 5.41 Å². The van der Waals surface area contributed by atoms with Crippen molar-refractivity contribution >= 4 is 5.91 Å². The van der Waals surface area contributed by atoms with Gasteiger partial charge in [-0.3, -0.25) is 4.79 Å². The van der Waals surface area contributed by atoms with Crippen molar-refractivity contribution in [2.45, 2.75) is 38.5 Å². The number of piperidine rings is 1. The summed E-state index contributed by atoms with van der Waals surface area (Å²) < 4.78 is 5.14. The molecule has 0 bridgehead atoms. The van der Waals surface area contributed by atoms with E-state index < -0.39 is 0 Å². The number of rotatable bonds is 8. The maximum absolute atomic E-state index is 11.7. The second-order valence-corrected chi connectivity index (χ2v) is 6.62. The number of hydrogen-bond acceptors (Lipinski definition) is 4. The minimum atomic E-state index is 0.0335. The van der Waals surface area contributed by atoms with Crippen LogP contribution in [0.1, 0.15) is 38.5 Å². The van der Waals surface area contributed by atoms with Gasteiger partial charge in [-0.25, -0.2) is 0 Å². The molecule has 2 fully saturated rings.